The predicted molar refractivity (Wildman–Crippen MR) is 38.8 cm³/mol. The van der Waals surface area contributed by atoms with E-state index >= 15 is 0 Å². The van der Waals surface area contributed by atoms with Crippen LogP contribution < -0.4 is 0 Å². The van der Waals surface area contributed by atoms with Crippen LogP contribution in [0.15, 0.2) is 0 Å². The van der Waals surface area contributed by atoms with Crippen LogP contribution in [0.5, 0.6) is 0 Å². The van der Waals surface area contributed by atoms with Gasteiger partial charge in [0.25, 0.3) is 0 Å². The molecule has 1 unspecified atom stereocenters. The van der Waals surface area contributed by atoms with Crippen LogP contribution in [0.3, 0.4) is 0 Å². The molecule has 1 fully saturated rings. The zero-order valence-electron chi connectivity index (χ0n) is 6.81. The number of hydrogen-bond donors (Lipinski definition) is 0. The Morgan fingerprint density at radius 2 is 2.20 bits per heavy atom. The van der Waals surface area contributed by atoms with Gasteiger partial charge in [-0.15, -0.1) is 0 Å². The van der Waals surface area contributed by atoms with Crippen LogP contribution in [0.25, 0.3) is 0 Å². The average Bonchev–Trinajstić information content (AvgIpc) is 1.83. The van der Waals surface area contributed by atoms with Crippen LogP contribution in [0.2, 0.25) is 0 Å². The molecular formula is C8H14O2. The highest BCUT2D eigenvalue weighted by Gasteiger charge is 2.35. The fraction of sp³-hybridized carbons (Fsp3) is 0.875. The van der Waals surface area contributed by atoms with Gasteiger partial charge in [-0.3, -0.25) is 4.79 Å². The summed E-state index contributed by atoms with van der Waals surface area (Å²) < 4.78 is 5.25. The molecule has 0 aliphatic carbocycles. The van der Waals surface area contributed by atoms with Crippen molar-refractivity contribution in [3.8, 4) is 0 Å². The number of ketones is 1. The average molecular weight is 142 g/mol. The molecule has 2 nitrogen and oxygen atoms in total. The number of rotatable bonds is 0. The van der Waals surface area contributed by atoms with Crippen LogP contribution >= 0.6 is 0 Å². The van der Waals surface area contributed by atoms with Gasteiger partial charge in [-0.2, -0.15) is 0 Å². The quantitative estimate of drug-likeness (QED) is 0.508. The fourth-order valence-corrected chi connectivity index (χ4v) is 1.30. The molecule has 1 aliphatic rings. The molecule has 0 aromatic rings. The van der Waals surface area contributed by atoms with Crippen molar-refractivity contribution in [3.63, 3.8) is 0 Å². The molecule has 1 heterocycles. The third-order valence-corrected chi connectivity index (χ3v) is 1.95. The van der Waals surface area contributed by atoms with Crippen LogP contribution in [-0.2, 0) is 9.53 Å². The Hall–Kier alpha value is -0.370. The van der Waals surface area contributed by atoms with Crippen molar-refractivity contribution in [3.05, 3.63) is 0 Å². The van der Waals surface area contributed by atoms with E-state index < -0.39 is 0 Å². The predicted octanol–water partition coefficient (Wildman–Crippen LogP) is 1.25. The number of carbonyl (C=O) groups is 1. The van der Waals surface area contributed by atoms with Gasteiger partial charge in [-0.25, -0.2) is 0 Å². The van der Waals surface area contributed by atoms with Crippen molar-refractivity contribution in [2.24, 2.45) is 11.3 Å². The minimum atomic E-state index is -0.252. The van der Waals surface area contributed by atoms with E-state index in [2.05, 4.69) is 0 Å². The molecule has 2 heteroatoms. The summed E-state index contributed by atoms with van der Waals surface area (Å²) in [5.74, 6) is 0.419. The molecule has 1 rings (SSSR count). The summed E-state index contributed by atoms with van der Waals surface area (Å²) in [7, 11) is 0. The highest BCUT2D eigenvalue weighted by molar-refractivity contribution is 5.86. The van der Waals surface area contributed by atoms with Gasteiger partial charge in [0.15, 0.2) is 0 Å². The van der Waals surface area contributed by atoms with Crippen molar-refractivity contribution in [2.75, 3.05) is 13.2 Å². The first-order valence-corrected chi connectivity index (χ1v) is 3.66. The normalized spacial score (nSPS) is 32.3. The summed E-state index contributed by atoms with van der Waals surface area (Å²) in [6.45, 7) is 6.97. The molecule has 0 aromatic heterocycles. The zero-order chi connectivity index (χ0) is 7.78. The summed E-state index contributed by atoms with van der Waals surface area (Å²) in [4.78, 5) is 11.4. The second-order valence-electron chi connectivity index (χ2n) is 3.66. The SMILES string of the molecule is CC1COCC(C)(C)C1=O. The van der Waals surface area contributed by atoms with E-state index in [9.17, 15) is 4.79 Å². The first-order valence-electron chi connectivity index (χ1n) is 3.66. The first-order chi connectivity index (χ1) is 4.54. The smallest absolute Gasteiger partial charge is 0.145 e. The number of Topliss-reactive ketones (excluding diaryl/α,β-unsaturated/α-hetero) is 1. The van der Waals surface area contributed by atoms with Gasteiger partial charge in [0.05, 0.1) is 13.2 Å². The van der Waals surface area contributed by atoms with E-state index in [1.807, 2.05) is 20.8 Å². The second kappa shape index (κ2) is 2.35. The Labute approximate surface area is 61.6 Å². The summed E-state index contributed by atoms with van der Waals surface area (Å²) in [6, 6.07) is 0. The maximum absolute atomic E-state index is 11.4. The zero-order valence-corrected chi connectivity index (χ0v) is 6.81. The fourth-order valence-electron chi connectivity index (χ4n) is 1.30. The minimum absolute atomic E-state index is 0.0868. The third kappa shape index (κ3) is 1.21. The van der Waals surface area contributed by atoms with Crippen molar-refractivity contribution < 1.29 is 9.53 Å². The second-order valence-corrected chi connectivity index (χ2v) is 3.66. The Morgan fingerprint density at radius 1 is 1.60 bits per heavy atom. The van der Waals surface area contributed by atoms with Gasteiger partial charge in [0.1, 0.15) is 5.78 Å². The van der Waals surface area contributed by atoms with Gasteiger partial charge >= 0.3 is 0 Å². The van der Waals surface area contributed by atoms with Gasteiger partial charge in [0.2, 0.25) is 0 Å². The monoisotopic (exact) mass is 142 g/mol. The lowest BCUT2D eigenvalue weighted by Gasteiger charge is -2.31. The summed E-state index contributed by atoms with van der Waals surface area (Å²) in [5, 5.41) is 0. The van der Waals surface area contributed by atoms with Crippen LogP contribution in [-0.4, -0.2) is 19.0 Å². The molecule has 0 spiro atoms. The topological polar surface area (TPSA) is 26.3 Å². The summed E-state index contributed by atoms with van der Waals surface area (Å²) in [6.07, 6.45) is 0. The van der Waals surface area contributed by atoms with Crippen LogP contribution in [0, 0.1) is 11.3 Å². The maximum atomic E-state index is 11.4. The Kier molecular flexibility index (Phi) is 1.82. The molecule has 0 saturated carbocycles. The van der Waals surface area contributed by atoms with E-state index in [0.717, 1.165) is 0 Å². The molecule has 1 aliphatic heterocycles. The Balaban J connectivity index is 2.70. The molecule has 0 N–H and O–H groups in total. The molecule has 1 saturated heterocycles. The summed E-state index contributed by atoms with van der Waals surface area (Å²) >= 11 is 0. The van der Waals surface area contributed by atoms with Crippen molar-refractivity contribution in [2.45, 2.75) is 20.8 Å². The third-order valence-electron chi connectivity index (χ3n) is 1.95. The van der Waals surface area contributed by atoms with Gasteiger partial charge in [-0.1, -0.05) is 20.8 Å². The number of hydrogen-bond acceptors (Lipinski definition) is 2. The molecule has 0 radical (unpaired) electrons. The number of ether oxygens (including phenoxy) is 1. The molecule has 58 valence electrons. The standard InChI is InChI=1S/C8H14O2/c1-6-4-10-5-8(2,3)7(6)9/h6H,4-5H2,1-3H3. The lowest BCUT2D eigenvalue weighted by molar-refractivity contribution is -0.143. The van der Waals surface area contributed by atoms with Gasteiger partial charge < -0.3 is 4.74 Å². The Morgan fingerprint density at radius 3 is 2.60 bits per heavy atom. The van der Waals surface area contributed by atoms with Gasteiger partial charge in [0, 0.05) is 11.3 Å². The molecule has 0 amide bonds. The van der Waals surface area contributed by atoms with Gasteiger partial charge in [-0.05, 0) is 0 Å². The minimum Gasteiger partial charge on any atom is -0.380 e. The van der Waals surface area contributed by atoms with E-state index in [1.165, 1.54) is 0 Å². The highest BCUT2D eigenvalue weighted by atomic mass is 16.5. The van der Waals surface area contributed by atoms with Crippen molar-refractivity contribution >= 4 is 5.78 Å². The van der Waals surface area contributed by atoms with E-state index in [1.54, 1.807) is 0 Å². The molecule has 1 atom stereocenters. The van der Waals surface area contributed by atoms with Crippen LogP contribution in [0.4, 0.5) is 0 Å². The lowest BCUT2D eigenvalue weighted by atomic mass is 9.81. The first kappa shape index (κ1) is 7.73. The highest BCUT2D eigenvalue weighted by Crippen LogP contribution is 2.26. The maximum Gasteiger partial charge on any atom is 0.145 e. The lowest BCUT2D eigenvalue weighted by Crippen LogP contribution is -2.41. The molecule has 0 bridgehead atoms. The largest absolute Gasteiger partial charge is 0.380 e. The van der Waals surface area contributed by atoms with Crippen LogP contribution in [0.1, 0.15) is 20.8 Å². The molecular weight excluding hydrogens is 128 g/mol. The number of carbonyl (C=O) groups excluding carboxylic acids is 1. The Bertz CT molecular complexity index is 149. The van der Waals surface area contributed by atoms with E-state index in [-0.39, 0.29) is 11.3 Å². The van der Waals surface area contributed by atoms with E-state index in [4.69, 9.17) is 4.74 Å². The molecule has 10 heavy (non-hydrogen) atoms. The molecule has 0 aromatic carbocycles. The van der Waals surface area contributed by atoms with Crippen molar-refractivity contribution in [1.29, 1.82) is 0 Å². The van der Waals surface area contributed by atoms with E-state index in [0.29, 0.717) is 19.0 Å². The summed E-state index contributed by atoms with van der Waals surface area (Å²) in [5.41, 5.74) is -0.252. The van der Waals surface area contributed by atoms with Crippen molar-refractivity contribution in [1.82, 2.24) is 0 Å².